The molecule has 0 saturated carbocycles. The van der Waals surface area contributed by atoms with Crippen molar-refractivity contribution in [3.63, 3.8) is 0 Å². The normalized spacial score (nSPS) is 16.9. The Kier molecular flexibility index (Phi) is 4.10. The maximum Gasteiger partial charge on any atom is 0.320 e. The van der Waals surface area contributed by atoms with Gasteiger partial charge < -0.3 is 5.32 Å². The molecule has 1 aliphatic heterocycles. The number of fused-ring (bicyclic) bond motifs is 1. The highest BCUT2D eigenvalue weighted by atomic mass is 32.2. The maximum absolute atomic E-state index is 12.2. The Balaban J connectivity index is 1.70. The predicted molar refractivity (Wildman–Crippen MR) is 85.7 cm³/mol. The van der Waals surface area contributed by atoms with Gasteiger partial charge in [-0.3, -0.25) is 5.32 Å². The van der Waals surface area contributed by atoms with Gasteiger partial charge in [-0.1, -0.05) is 24.3 Å². The minimum Gasteiger partial charge on any atom is -0.331 e. The number of hydrogen-bond donors (Lipinski definition) is 2. The number of nitrogens with zero attached hydrogens (tertiary/aromatic N) is 1. The van der Waals surface area contributed by atoms with E-state index in [0.717, 1.165) is 17.7 Å². The Morgan fingerprint density at radius 1 is 1.29 bits per heavy atom. The van der Waals surface area contributed by atoms with Crippen LogP contribution in [0, 0.1) is 6.92 Å². The zero-order chi connectivity index (χ0) is 14.7. The molecule has 1 atom stereocenters. The van der Waals surface area contributed by atoms with Gasteiger partial charge in [-0.2, -0.15) is 0 Å². The Morgan fingerprint density at radius 2 is 2.14 bits per heavy atom. The second kappa shape index (κ2) is 6.18. The molecule has 1 aromatic carbocycles. The summed E-state index contributed by atoms with van der Waals surface area (Å²) in [6, 6.07) is 11.9. The SMILES string of the molecule is Cc1cccnc1NC(=O)N[C@@H]1CCSc2ccccc21. The number of rotatable bonds is 2. The molecule has 2 heterocycles. The van der Waals surface area contributed by atoms with Crippen LogP contribution >= 0.6 is 11.8 Å². The van der Waals surface area contributed by atoms with Gasteiger partial charge in [-0.15, -0.1) is 11.8 Å². The van der Waals surface area contributed by atoms with Crippen molar-refractivity contribution < 1.29 is 4.79 Å². The van der Waals surface area contributed by atoms with Crippen molar-refractivity contribution in [2.45, 2.75) is 24.3 Å². The molecular weight excluding hydrogens is 282 g/mol. The van der Waals surface area contributed by atoms with Crippen LogP contribution < -0.4 is 10.6 Å². The Morgan fingerprint density at radius 3 is 3.00 bits per heavy atom. The number of nitrogens with one attached hydrogen (secondary N) is 2. The van der Waals surface area contributed by atoms with Crippen LogP contribution in [0.25, 0.3) is 0 Å². The summed E-state index contributed by atoms with van der Waals surface area (Å²) in [6.07, 6.45) is 2.62. The summed E-state index contributed by atoms with van der Waals surface area (Å²) < 4.78 is 0. The summed E-state index contributed by atoms with van der Waals surface area (Å²) in [6.45, 7) is 1.93. The molecule has 0 unspecified atom stereocenters. The molecule has 0 saturated heterocycles. The molecule has 5 heteroatoms. The number of urea groups is 1. The third kappa shape index (κ3) is 3.19. The minimum absolute atomic E-state index is 0.0615. The number of carbonyl (C=O) groups is 1. The van der Waals surface area contributed by atoms with Crippen molar-refractivity contribution in [3.8, 4) is 0 Å². The van der Waals surface area contributed by atoms with E-state index in [-0.39, 0.29) is 12.1 Å². The van der Waals surface area contributed by atoms with Gasteiger partial charge in [0, 0.05) is 16.8 Å². The summed E-state index contributed by atoms with van der Waals surface area (Å²) in [7, 11) is 0. The quantitative estimate of drug-likeness (QED) is 0.888. The number of amides is 2. The number of anilines is 1. The molecular formula is C16H17N3OS. The largest absolute Gasteiger partial charge is 0.331 e. The van der Waals surface area contributed by atoms with Gasteiger partial charge >= 0.3 is 6.03 Å². The van der Waals surface area contributed by atoms with Crippen molar-refractivity contribution in [2.75, 3.05) is 11.1 Å². The van der Waals surface area contributed by atoms with E-state index in [4.69, 9.17) is 0 Å². The molecule has 0 spiro atoms. The van der Waals surface area contributed by atoms with E-state index in [1.165, 1.54) is 10.5 Å². The first-order chi connectivity index (χ1) is 10.2. The number of benzene rings is 1. The van der Waals surface area contributed by atoms with Crippen LogP contribution in [0.1, 0.15) is 23.6 Å². The second-order valence-corrected chi connectivity index (χ2v) is 6.13. The minimum atomic E-state index is -0.205. The summed E-state index contributed by atoms with van der Waals surface area (Å²) in [5.74, 6) is 1.62. The van der Waals surface area contributed by atoms with E-state index >= 15 is 0 Å². The molecule has 0 fully saturated rings. The lowest BCUT2D eigenvalue weighted by molar-refractivity contribution is 0.248. The summed E-state index contributed by atoms with van der Waals surface area (Å²) >= 11 is 1.84. The van der Waals surface area contributed by atoms with Crippen LogP contribution in [-0.2, 0) is 0 Å². The highest BCUT2D eigenvalue weighted by molar-refractivity contribution is 7.99. The standard InChI is InChI=1S/C16H17N3OS/c1-11-5-4-9-17-15(11)19-16(20)18-13-8-10-21-14-7-3-2-6-12(13)14/h2-7,9,13H,8,10H2,1H3,(H2,17,18,19,20)/t13-/m1/s1. The van der Waals surface area contributed by atoms with Crippen LogP contribution in [0.15, 0.2) is 47.5 Å². The van der Waals surface area contributed by atoms with Crippen molar-refractivity contribution in [2.24, 2.45) is 0 Å². The van der Waals surface area contributed by atoms with Gasteiger partial charge in [0.15, 0.2) is 0 Å². The third-order valence-corrected chi connectivity index (χ3v) is 4.63. The van der Waals surface area contributed by atoms with Gasteiger partial charge in [0.2, 0.25) is 0 Å². The smallest absolute Gasteiger partial charge is 0.320 e. The molecule has 0 aliphatic carbocycles. The van der Waals surface area contributed by atoms with Crippen LogP contribution in [0.3, 0.4) is 0 Å². The fourth-order valence-corrected chi connectivity index (χ4v) is 3.54. The number of pyridine rings is 1. The van der Waals surface area contributed by atoms with E-state index in [0.29, 0.717) is 5.82 Å². The Bertz CT molecular complexity index is 659. The summed E-state index contributed by atoms with van der Waals surface area (Å²) in [4.78, 5) is 17.6. The van der Waals surface area contributed by atoms with Crippen molar-refractivity contribution in [3.05, 3.63) is 53.7 Å². The molecule has 2 amide bonds. The molecule has 3 rings (SSSR count). The van der Waals surface area contributed by atoms with Crippen LogP contribution in [-0.4, -0.2) is 16.8 Å². The molecule has 4 nitrogen and oxygen atoms in total. The summed E-state index contributed by atoms with van der Waals surface area (Å²) in [5, 5.41) is 5.87. The van der Waals surface area contributed by atoms with E-state index in [1.807, 2.05) is 43.0 Å². The first-order valence-corrected chi connectivity index (χ1v) is 7.93. The molecule has 1 aromatic heterocycles. The molecule has 0 radical (unpaired) electrons. The van der Waals surface area contributed by atoms with Gasteiger partial charge in [0.05, 0.1) is 6.04 Å². The van der Waals surface area contributed by atoms with Crippen molar-refractivity contribution >= 4 is 23.6 Å². The number of hydrogen-bond acceptors (Lipinski definition) is 3. The van der Waals surface area contributed by atoms with E-state index in [1.54, 1.807) is 6.20 Å². The monoisotopic (exact) mass is 299 g/mol. The van der Waals surface area contributed by atoms with Gasteiger partial charge in [-0.25, -0.2) is 9.78 Å². The number of thioether (sulfide) groups is 1. The van der Waals surface area contributed by atoms with Crippen molar-refractivity contribution in [1.29, 1.82) is 0 Å². The number of aryl methyl sites for hydroxylation is 1. The molecule has 2 N–H and O–H groups in total. The maximum atomic E-state index is 12.2. The molecule has 0 bridgehead atoms. The van der Waals surface area contributed by atoms with Crippen LogP contribution in [0.5, 0.6) is 0 Å². The van der Waals surface area contributed by atoms with Crippen molar-refractivity contribution in [1.82, 2.24) is 10.3 Å². The molecule has 2 aromatic rings. The van der Waals surface area contributed by atoms with Gasteiger partial charge in [0.25, 0.3) is 0 Å². The number of carbonyl (C=O) groups excluding carboxylic acids is 1. The zero-order valence-electron chi connectivity index (χ0n) is 11.8. The van der Waals surface area contributed by atoms with E-state index in [9.17, 15) is 4.79 Å². The average Bonchev–Trinajstić information content (AvgIpc) is 2.50. The fraction of sp³-hybridized carbons (Fsp3) is 0.250. The van der Waals surface area contributed by atoms with E-state index < -0.39 is 0 Å². The van der Waals surface area contributed by atoms with E-state index in [2.05, 4.69) is 27.8 Å². The fourth-order valence-electron chi connectivity index (χ4n) is 2.41. The highest BCUT2D eigenvalue weighted by Gasteiger charge is 2.22. The topological polar surface area (TPSA) is 54.0 Å². The molecule has 108 valence electrons. The highest BCUT2D eigenvalue weighted by Crippen LogP contribution is 2.35. The van der Waals surface area contributed by atoms with Crippen LogP contribution in [0.2, 0.25) is 0 Å². The van der Waals surface area contributed by atoms with Gasteiger partial charge in [0.1, 0.15) is 5.82 Å². The lowest BCUT2D eigenvalue weighted by Crippen LogP contribution is -2.34. The van der Waals surface area contributed by atoms with Crippen LogP contribution in [0.4, 0.5) is 10.6 Å². The first kappa shape index (κ1) is 13.9. The Labute approximate surface area is 128 Å². The average molecular weight is 299 g/mol. The number of aromatic nitrogens is 1. The predicted octanol–water partition coefficient (Wildman–Crippen LogP) is 3.75. The zero-order valence-corrected chi connectivity index (χ0v) is 12.6. The second-order valence-electron chi connectivity index (χ2n) is 4.99. The van der Waals surface area contributed by atoms with Gasteiger partial charge in [-0.05, 0) is 36.6 Å². The summed E-state index contributed by atoms with van der Waals surface area (Å²) in [5.41, 5.74) is 2.15. The Hall–Kier alpha value is -2.01. The third-order valence-electron chi connectivity index (χ3n) is 3.51. The molecule has 21 heavy (non-hydrogen) atoms. The first-order valence-electron chi connectivity index (χ1n) is 6.95. The molecule has 1 aliphatic rings. The lowest BCUT2D eigenvalue weighted by Gasteiger charge is -2.25. The lowest BCUT2D eigenvalue weighted by atomic mass is 10.0.